The van der Waals surface area contributed by atoms with E-state index < -0.39 is 18.7 Å². The van der Waals surface area contributed by atoms with Crippen molar-refractivity contribution in [1.29, 1.82) is 0 Å². The standard InChI is InChI=1S/C14H16Cl2F3NO2/c1-9(13-10(15)3-2-4-11(13)16)7-20-12(21)5-6-22-8-14(17,18)19/h2-4,9H,5-8H2,1H3,(H,20,21). The van der Waals surface area contributed by atoms with Gasteiger partial charge < -0.3 is 10.1 Å². The Labute approximate surface area is 136 Å². The van der Waals surface area contributed by atoms with Crippen molar-refractivity contribution in [2.24, 2.45) is 0 Å². The second kappa shape index (κ2) is 8.60. The molecule has 124 valence electrons. The summed E-state index contributed by atoms with van der Waals surface area (Å²) in [5, 5.41) is 3.62. The fourth-order valence-electron chi connectivity index (χ4n) is 1.79. The first kappa shape index (κ1) is 19.1. The number of halogens is 5. The Kier molecular flexibility index (Phi) is 7.45. The maximum absolute atomic E-state index is 11.8. The Bertz CT molecular complexity index is 489. The van der Waals surface area contributed by atoms with Crippen LogP contribution < -0.4 is 5.32 Å². The van der Waals surface area contributed by atoms with Gasteiger partial charge in [-0.1, -0.05) is 36.2 Å². The second-order valence-electron chi connectivity index (χ2n) is 4.76. The summed E-state index contributed by atoms with van der Waals surface area (Å²) in [6.45, 7) is 0.480. The van der Waals surface area contributed by atoms with E-state index in [1.165, 1.54) is 0 Å². The molecule has 1 aromatic carbocycles. The van der Waals surface area contributed by atoms with Gasteiger partial charge in [-0.2, -0.15) is 13.2 Å². The van der Waals surface area contributed by atoms with Crippen LogP contribution in [0.1, 0.15) is 24.8 Å². The molecule has 0 aliphatic carbocycles. The summed E-state index contributed by atoms with van der Waals surface area (Å²) in [5.41, 5.74) is 0.722. The molecule has 1 rings (SSSR count). The highest BCUT2D eigenvalue weighted by Crippen LogP contribution is 2.30. The van der Waals surface area contributed by atoms with Crippen LogP contribution in [0.15, 0.2) is 18.2 Å². The molecule has 0 bridgehead atoms. The maximum atomic E-state index is 11.8. The third kappa shape index (κ3) is 6.85. The lowest BCUT2D eigenvalue weighted by Crippen LogP contribution is -2.29. The number of carbonyl (C=O) groups excluding carboxylic acids is 1. The van der Waals surface area contributed by atoms with Crippen LogP contribution >= 0.6 is 23.2 Å². The molecular formula is C14H16Cl2F3NO2. The molecule has 0 aliphatic rings. The van der Waals surface area contributed by atoms with Gasteiger partial charge in [0, 0.05) is 28.9 Å². The predicted molar refractivity (Wildman–Crippen MR) is 79.4 cm³/mol. The Balaban J connectivity index is 2.35. The molecular weight excluding hydrogens is 342 g/mol. The maximum Gasteiger partial charge on any atom is 0.411 e. The quantitative estimate of drug-likeness (QED) is 0.743. The lowest BCUT2D eigenvalue weighted by atomic mass is 10.0. The van der Waals surface area contributed by atoms with E-state index in [4.69, 9.17) is 23.2 Å². The van der Waals surface area contributed by atoms with Gasteiger partial charge in [0.15, 0.2) is 0 Å². The van der Waals surface area contributed by atoms with E-state index in [0.29, 0.717) is 10.0 Å². The number of rotatable bonds is 7. The lowest BCUT2D eigenvalue weighted by Gasteiger charge is -2.16. The monoisotopic (exact) mass is 357 g/mol. The molecule has 1 unspecified atom stereocenters. The Hall–Kier alpha value is -0.980. The van der Waals surface area contributed by atoms with Crippen LogP contribution in [0.3, 0.4) is 0 Å². The number of amides is 1. The molecule has 1 N–H and O–H groups in total. The summed E-state index contributed by atoms with van der Waals surface area (Å²) >= 11 is 12.1. The van der Waals surface area contributed by atoms with Crippen molar-refractivity contribution in [2.45, 2.75) is 25.4 Å². The third-order valence-corrected chi connectivity index (χ3v) is 3.50. The predicted octanol–water partition coefficient (Wildman–Crippen LogP) is 4.18. The van der Waals surface area contributed by atoms with Crippen molar-refractivity contribution in [2.75, 3.05) is 19.8 Å². The van der Waals surface area contributed by atoms with E-state index in [1.54, 1.807) is 18.2 Å². The summed E-state index contributed by atoms with van der Waals surface area (Å²) in [5.74, 6) is -0.515. The summed E-state index contributed by atoms with van der Waals surface area (Å²) in [6, 6.07) is 5.12. The van der Waals surface area contributed by atoms with Crippen LogP contribution in [0.5, 0.6) is 0 Å². The first-order valence-electron chi connectivity index (χ1n) is 6.56. The molecule has 0 aliphatic heterocycles. The van der Waals surface area contributed by atoms with Gasteiger partial charge in [0.05, 0.1) is 6.61 Å². The van der Waals surface area contributed by atoms with Crippen molar-refractivity contribution in [3.05, 3.63) is 33.8 Å². The highest BCUT2D eigenvalue weighted by molar-refractivity contribution is 6.36. The van der Waals surface area contributed by atoms with Gasteiger partial charge in [-0.3, -0.25) is 4.79 Å². The number of benzene rings is 1. The molecule has 3 nitrogen and oxygen atoms in total. The van der Waals surface area contributed by atoms with Crippen molar-refractivity contribution < 1.29 is 22.7 Å². The third-order valence-electron chi connectivity index (χ3n) is 2.84. The molecule has 0 radical (unpaired) electrons. The van der Waals surface area contributed by atoms with Gasteiger partial charge >= 0.3 is 6.18 Å². The average molecular weight is 358 g/mol. The SMILES string of the molecule is CC(CNC(=O)CCOCC(F)(F)F)c1c(Cl)cccc1Cl. The van der Waals surface area contributed by atoms with E-state index in [-0.39, 0.29) is 25.5 Å². The van der Waals surface area contributed by atoms with Gasteiger partial charge in [0.2, 0.25) is 5.91 Å². The van der Waals surface area contributed by atoms with E-state index in [2.05, 4.69) is 10.1 Å². The highest BCUT2D eigenvalue weighted by atomic mass is 35.5. The molecule has 0 heterocycles. The van der Waals surface area contributed by atoms with E-state index in [1.807, 2.05) is 6.92 Å². The molecule has 0 saturated heterocycles. The minimum absolute atomic E-state index is 0.124. The minimum atomic E-state index is -4.38. The van der Waals surface area contributed by atoms with Crippen LogP contribution in [-0.4, -0.2) is 31.8 Å². The molecule has 0 spiro atoms. The number of ether oxygens (including phenoxy) is 1. The fourth-order valence-corrected chi connectivity index (χ4v) is 2.56. The topological polar surface area (TPSA) is 38.3 Å². The summed E-state index contributed by atoms with van der Waals surface area (Å²) in [6.07, 6.45) is -4.52. The second-order valence-corrected chi connectivity index (χ2v) is 5.57. The number of nitrogens with one attached hydrogen (secondary N) is 1. The molecule has 1 atom stereocenters. The van der Waals surface area contributed by atoms with Gasteiger partial charge in [0.1, 0.15) is 6.61 Å². The molecule has 8 heteroatoms. The zero-order valence-electron chi connectivity index (χ0n) is 11.8. The highest BCUT2D eigenvalue weighted by Gasteiger charge is 2.27. The van der Waals surface area contributed by atoms with Gasteiger partial charge in [-0.05, 0) is 17.7 Å². The van der Waals surface area contributed by atoms with Gasteiger partial charge in [0.25, 0.3) is 0 Å². The molecule has 0 fully saturated rings. The van der Waals surface area contributed by atoms with Crippen molar-refractivity contribution in [1.82, 2.24) is 5.32 Å². The number of hydrogen-bond donors (Lipinski definition) is 1. The van der Waals surface area contributed by atoms with Crippen LogP contribution in [0.25, 0.3) is 0 Å². The normalized spacial score (nSPS) is 13.0. The first-order valence-corrected chi connectivity index (χ1v) is 7.31. The minimum Gasteiger partial charge on any atom is -0.372 e. The Morgan fingerprint density at radius 3 is 2.45 bits per heavy atom. The van der Waals surface area contributed by atoms with E-state index in [0.717, 1.165) is 5.56 Å². The van der Waals surface area contributed by atoms with Crippen molar-refractivity contribution in [3.8, 4) is 0 Å². The molecule has 0 saturated carbocycles. The van der Waals surface area contributed by atoms with Crippen LogP contribution in [0.4, 0.5) is 13.2 Å². The van der Waals surface area contributed by atoms with E-state index >= 15 is 0 Å². The summed E-state index contributed by atoms with van der Waals surface area (Å²) in [7, 11) is 0. The molecule has 1 aromatic rings. The summed E-state index contributed by atoms with van der Waals surface area (Å²) in [4.78, 5) is 11.5. The first-order chi connectivity index (χ1) is 10.2. The van der Waals surface area contributed by atoms with Crippen LogP contribution in [0, 0.1) is 0 Å². The Morgan fingerprint density at radius 2 is 1.91 bits per heavy atom. The van der Waals surface area contributed by atoms with Crippen LogP contribution in [0.2, 0.25) is 10.0 Å². The fraction of sp³-hybridized carbons (Fsp3) is 0.500. The van der Waals surface area contributed by atoms with Gasteiger partial charge in [-0.25, -0.2) is 0 Å². The molecule has 1 amide bonds. The Morgan fingerprint density at radius 1 is 1.32 bits per heavy atom. The van der Waals surface area contributed by atoms with Crippen molar-refractivity contribution >= 4 is 29.1 Å². The van der Waals surface area contributed by atoms with Crippen molar-refractivity contribution in [3.63, 3.8) is 0 Å². The lowest BCUT2D eigenvalue weighted by molar-refractivity contribution is -0.174. The summed E-state index contributed by atoms with van der Waals surface area (Å²) < 4.78 is 39.9. The largest absolute Gasteiger partial charge is 0.411 e. The van der Waals surface area contributed by atoms with E-state index in [9.17, 15) is 18.0 Å². The van der Waals surface area contributed by atoms with Gasteiger partial charge in [-0.15, -0.1) is 0 Å². The molecule has 22 heavy (non-hydrogen) atoms. The zero-order chi connectivity index (χ0) is 16.8. The smallest absolute Gasteiger partial charge is 0.372 e. The number of hydrogen-bond acceptors (Lipinski definition) is 2. The molecule has 0 aromatic heterocycles. The van der Waals surface area contributed by atoms with Crippen LogP contribution in [-0.2, 0) is 9.53 Å². The number of alkyl halides is 3. The number of carbonyl (C=O) groups is 1. The zero-order valence-corrected chi connectivity index (χ0v) is 13.4. The average Bonchev–Trinajstić information content (AvgIpc) is 2.40.